The standard InChI is InChI=1S/C20H19FN2O3/c1-12-9-16(21)7-8-19(12)22-20(24)15-5-4-6-17(10-15)25-11-18-13(2)23-26-14(18)3/h4-10H,11H2,1-3H3,(H,22,24). The van der Waals surface area contributed by atoms with E-state index < -0.39 is 0 Å². The third-order valence-corrected chi connectivity index (χ3v) is 4.10. The summed E-state index contributed by atoms with van der Waals surface area (Å²) in [6.45, 7) is 5.73. The average Bonchev–Trinajstić information content (AvgIpc) is 2.94. The molecule has 0 radical (unpaired) electrons. The van der Waals surface area contributed by atoms with Gasteiger partial charge in [-0.15, -0.1) is 0 Å². The number of benzene rings is 2. The molecule has 134 valence electrons. The summed E-state index contributed by atoms with van der Waals surface area (Å²) in [7, 11) is 0. The van der Waals surface area contributed by atoms with Crippen LogP contribution in [-0.4, -0.2) is 11.1 Å². The molecule has 6 heteroatoms. The van der Waals surface area contributed by atoms with E-state index in [0.29, 0.717) is 34.9 Å². The second-order valence-electron chi connectivity index (χ2n) is 6.03. The summed E-state index contributed by atoms with van der Waals surface area (Å²) in [4.78, 5) is 12.5. The van der Waals surface area contributed by atoms with E-state index in [-0.39, 0.29) is 11.7 Å². The van der Waals surface area contributed by atoms with E-state index in [2.05, 4.69) is 10.5 Å². The van der Waals surface area contributed by atoms with Gasteiger partial charge in [0.05, 0.1) is 11.3 Å². The molecule has 0 bridgehead atoms. The predicted octanol–water partition coefficient (Wildman–Crippen LogP) is 4.57. The highest BCUT2D eigenvalue weighted by Gasteiger charge is 2.12. The number of aryl methyl sites for hydroxylation is 3. The lowest BCUT2D eigenvalue weighted by atomic mass is 10.1. The van der Waals surface area contributed by atoms with Crippen LogP contribution < -0.4 is 10.1 Å². The minimum atomic E-state index is -0.338. The number of halogens is 1. The van der Waals surface area contributed by atoms with E-state index in [1.165, 1.54) is 12.1 Å². The Morgan fingerprint density at radius 2 is 2.00 bits per heavy atom. The highest BCUT2D eigenvalue weighted by molar-refractivity contribution is 6.04. The summed E-state index contributed by atoms with van der Waals surface area (Å²) < 4.78 is 24.1. The average molecular weight is 354 g/mol. The van der Waals surface area contributed by atoms with Gasteiger partial charge in [0.25, 0.3) is 5.91 Å². The lowest BCUT2D eigenvalue weighted by molar-refractivity contribution is 0.102. The summed E-state index contributed by atoms with van der Waals surface area (Å²) in [5, 5.41) is 6.67. The van der Waals surface area contributed by atoms with Crippen LogP contribution in [0.25, 0.3) is 0 Å². The summed E-state index contributed by atoms with van der Waals surface area (Å²) >= 11 is 0. The lowest BCUT2D eigenvalue weighted by Gasteiger charge is -2.10. The highest BCUT2D eigenvalue weighted by Crippen LogP contribution is 2.20. The minimum absolute atomic E-state index is 0.289. The summed E-state index contributed by atoms with van der Waals surface area (Å²) in [6, 6.07) is 11.1. The Kier molecular flexibility index (Phi) is 5.02. The van der Waals surface area contributed by atoms with Gasteiger partial charge in [-0.25, -0.2) is 4.39 Å². The zero-order valence-electron chi connectivity index (χ0n) is 14.8. The van der Waals surface area contributed by atoms with Crippen LogP contribution in [0.2, 0.25) is 0 Å². The van der Waals surface area contributed by atoms with Crippen LogP contribution >= 0.6 is 0 Å². The van der Waals surface area contributed by atoms with E-state index >= 15 is 0 Å². The van der Waals surface area contributed by atoms with Gasteiger partial charge in [-0.3, -0.25) is 4.79 Å². The second kappa shape index (κ2) is 7.39. The van der Waals surface area contributed by atoms with E-state index in [1.54, 1.807) is 37.3 Å². The van der Waals surface area contributed by atoms with E-state index in [0.717, 1.165) is 11.3 Å². The lowest BCUT2D eigenvalue weighted by Crippen LogP contribution is -2.13. The fourth-order valence-electron chi connectivity index (χ4n) is 2.55. The molecule has 0 spiro atoms. The molecule has 0 saturated carbocycles. The smallest absolute Gasteiger partial charge is 0.255 e. The molecule has 1 N–H and O–H groups in total. The minimum Gasteiger partial charge on any atom is -0.489 e. The normalized spacial score (nSPS) is 10.6. The molecule has 2 aromatic carbocycles. The number of aromatic nitrogens is 1. The van der Waals surface area contributed by atoms with E-state index in [1.807, 2.05) is 13.8 Å². The van der Waals surface area contributed by atoms with Crippen molar-refractivity contribution in [1.82, 2.24) is 5.16 Å². The number of carbonyl (C=O) groups excluding carboxylic acids is 1. The number of ether oxygens (including phenoxy) is 1. The number of hydrogen-bond donors (Lipinski definition) is 1. The Hall–Kier alpha value is -3.15. The third kappa shape index (κ3) is 3.91. The number of nitrogens with one attached hydrogen (secondary N) is 1. The Balaban J connectivity index is 1.71. The molecular formula is C20H19FN2O3. The van der Waals surface area contributed by atoms with Crippen LogP contribution in [0, 0.1) is 26.6 Å². The van der Waals surface area contributed by atoms with Gasteiger partial charge in [0.15, 0.2) is 0 Å². The van der Waals surface area contributed by atoms with E-state index in [4.69, 9.17) is 9.26 Å². The van der Waals surface area contributed by atoms with E-state index in [9.17, 15) is 9.18 Å². The zero-order valence-corrected chi connectivity index (χ0v) is 14.8. The van der Waals surface area contributed by atoms with Gasteiger partial charge in [0.1, 0.15) is 23.9 Å². The van der Waals surface area contributed by atoms with Crippen molar-refractivity contribution in [2.24, 2.45) is 0 Å². The molecule has 0 saturated heterocycles. The fraction of sp³-hybridized carbons (Fsp3) is 0.200. The zero-order chi connectivity index (χ0) is 18.7. The maximum Gasteiger partial charge on any atom is 0.255 e. The molecule has 0 unspecified atom stereocenters. The first-order valence-electron chi connectivity index (χ1n) is 8.16. The van der Waals surface area contributed by atoms with Gasteiger partial charge in [0.2, 0.25) is 0 Å². The molecule has 1 aromatic heterocycles. The van der Waals surface area contributed by atoms with Crippen molar-refractivity contribution in [2.45, 2.75) is 27.4 Å². The van der Waals surface area contributed by atoms with Crippen LogP contribution in [0.1, 0.15) is 32.9 Å². The first kappa shape index (κ1) is 17.7. The monoisotopic (exact) mass is 354 g/mol. The van der Waals surface area contributed by atoms with Crippen LogP contribution in [0.4, 0.5) is 10.1 Å². The first-order valence-corrected chi connectivity index (χ1v) is 8.16. The molecule has 5 nitrogen and oxygen atoms in total. The Bertz CT molecular complexity index is 930. The number of nitrogens with zero attached hydrogens (tertiary/aromatic N) is 1. The third-order valence-electron chi connectivity index (χ3n) is 4.10. The van der Waals surface area contributed by atoms with Crippen molar-refractivity contribution in [3.05, 3.63) is 76.4 Å². The number of anilines is 1. The largest absolute Gasteiger partial charge is 0.489 e. The summed E-state index contributed by atoms with van der Waals surface area (Å²) in [5.74, 6) is 0.648. The number of carbonyl (C=O) groups is 1. The molecule has 0 fully saturated rings. The molecule has 0 aliphatic carbocycles. The summed E-state index contributed by atoms with van der Waals surface area (Å²) in [5.41, 5.74) is 3.34. The molecule has 0 aliphatic rings. The van der Waals surface area contributed by atoms with Crippen molar-refractivity contribution in [3.8, 4) is 5.75 Å². The fourth-order valence-corrected chi connectivity index (χ4v) is 2.55. The van der Waals surface area contributed by atoms with Crippen molar-refractivity contribution in [1.29, 1.82) is 0 Å². The number of rotatable bonds is 5. The molecule has 1 amide bonds. The molecule has 1 heterocycles. The molecular weight excluding hydrogens is 335 g/mol. The molecule has 3 aromatic rings. The Labute approximate surface area is 150 Å². The van der Waals surface area contributed by atoms with Crippen molar-refractivity contribution in [2.75, 3.05) is 5.32 Å². The second-order valence-corrected chi connectivity index (χ2v) is 6.03. The van der Waals surface area contributed by atoms with Gasteiger partial charge in [-0.2, -0.15) is 0 Å². The van der Waals surface area contributed by atoms with Crippen LogP contribution in [0.5, 0.6) is 5.75 Å². The van der Waals surface area contributed by atoms with Gasteiger partial charge >= 0.3 is 0 Å². The molecule has 0 atom stereocenters. The highest BCUT2D eigenvalue weighted by atomic mass is 19.1. The summed E-state index contributed by atoms with van der Waals surface area (Å²) in [6.07, 6.45) is 0. The predicted molar refractivity (Wildman–Crippen MR) is 95.8 cm³/mol. The molecule has 26 heavy (non-hydrogen) atoms. The van der Waals surface area contributed by atoms with Crippen LogP contribution in [0.15, 0.2) is 47.0 Å². The number of amides is 1. The van der Waals surface area contributed by atoms with Crippen LogP contribution in [-0.2, 0) is 6.61 Å². The SMILES string of the molecule is Cc1cc(F)ccc1NC(=O)c1cccc(OCc2c(C)noc2C)c1. The van der Waals surface area contributed by atoms with Gasteiger partial charge < -0.3 is 14.6 Å². The first-order chi connectivity index (χ1) is 12.4. The van der Waals surface area contributed by atoms with Gasteiger partial charge in [-0.05, 0) is 62.7 Å². The van der Waals surface area contributed by atoms with Crippen molar-refractivity contribution >= 4 is 11.6 Å². The number of hydrogen-bond acceptors (Lipinski definition) is 4. The van der Waals surface area contributed by atoms with Crippen LogP contribution in [0.3, 0.4) is 0 Å². The van der Waals surface area contributed by atoms with Crippen molar-refractivity contribution < 1.29 is 18.4 Å². The van der Waals surface area contributed by atoms with Crippen molar-refractivity contribution in [3.63, 3.8) is 0 Å². The topological polar surface area (TPSA) is 64.4 Å². The maximum absolute atomic E-state index is 13.2. The Morgan fingerprint density at radius 1 is 1.19 bits per heavy atom. The molecule has 3 rings (SSSR count). The van der Waals surface area contributed by atoms with Gasteiger partial charge in [0, 0.05) is 11.3 Å². The maximum atomic E-state index is 13.2. The molecule has 0 aliphatic heterocycles. The quantitative estimate of drug-likeness (QED) is 0.729. The Morgan fingerprint density at radius 3 is 2.69 bits per heavy atom. The van der Waals surface area contributed by atoms with Gasteiger partial charge in [-0.1, -0.05) is 11.2 Å².